The Labute approximate surface area is 255 Å². The van der Waals surface area contributed by atoms with Gasteiger partial charge in [-0.15, -0.1) is 0 Å². The van der Waals surface area contributed by atoms with Crippen molar-refractivity contribution in [3.63, 3.8) is 0 Å². The van der Waals surface area contributed by atoms with Crippen LogP contribution in [0.5, 0.6) is 5.75 Å². The van der Waals surface area contributed by atoms with Gasteiger partial charge in [0.15, 0.2) is 0 Å². The fourth-order valence-electron chi connectivity index (χ4n) is 6.24. The maximum absolute atomic E-state index is 13.0. The van der Waals surface area contributed by atoms with Crippen LogP contribution in [0.25, 0.3) is 76.5 Å². The summed E-state index contributed by atoms with van der Waals surface area (Å²) in [5.41, 5.74) is 0.0106. The van der Waals surface area contributed by atoms with E-state index in [0.717, 1.165) is 71.1 Å². The second-order valence-electron chi connectivity index (χ2n) is 10.9. The third-order valence-corrected chi connectivity index (χ3v) is 9.17. The summed E-state index contributed by atoms with van der Waals surface area (Å²) in [6.07, 6.45) is 0. The Bertz CT molecular complexity index is 2530. The zero-order valence-corrected chi connectivity index (χ0v) is 24.1. The van der Waals surface area contributed by atoms with Crippen molar-refractivity contribution in [1.82, 2.24) is 0 Å². The molecule has 1 aromatic heterocycles. The monoisotopic (exact) mass is 618 g/mol. The lowest BCUT2D eigenvalue weighted by Gasteiger charge is -2.18. The molecule has 0 saturated carbocycles. The quantitative estimate of drug-likeness (QED) is 0.112. The zero-order chi connectivity index (χ0) is 30.9. The van der Waals surface area contributed by atoms with Gasteiger partial charge < -0.3 is 8.60 Å². The number of furan rings is 1. The van der Waals surface area contributed by atoms with Crippen molar-refractivity contribution < 1.29 is 30.2 Å². The van der Waals surface area contributed by atoms with E-state index < -0.39 is 21.4 Å². The highest BCUT2D eigenvalue weighted by Crippen LogP contribution is 2.45. The van der Waals surface area contributed by atoms with Gasteiger partial charge in [0.2, 0.25) is 0 Å². The highest BCUT2D eigenvalue weighted by molar-refractivity contribution is 7.88. The Kier molecular flexibility index (Phi) is 5.95. The lowest BCUT2D eigenvalue weighted by atomic mass is 9.85. The van der Waals surface area contributed by atoms with Crippen LogP contribution in [0.4, 0.5) is 13.2 Å². The summed E-state index contributed by atoms with van der Waals surface area (Å²) >= 11 is 0. The summed E-state index contributed by atoms with van der Waals surface area (Å²) in [5.74, 6) is -0.413. The van der Waals surface area contributed by atoms with Crippen molar-refractivity contribution in [1.29, 1.82) is 0 Å². The number of para-hydroxylation sites is 1. The number of fused-ring (bicyclic) bond motifs is 6. The maximum atomic E-state index is 13.0. The van der Waals surface area contributed by atoms with Crippen LogP contribution in [-0.2, 0) is 10.1 Å². The van der Waals surface area contributed by atoms with Crippen LogP contribution in [0, 0.1) is 0 Å². The van der Waals surface area contributed by atoms with Gasteiger partial charge in [0.05, 0.1) is 0 Å². The van der Waals surface area contributed by atoms with Gasteiger partial charge in [-0.1, -0.05) is 91.0 Å². The topological polar surface area (TPSA) is 56.5 Å². The van der Waals surface area contributed by atoms with E-state index in [1.165, 1.54) is 18.2 Å². The third kappa shape index (κ3) is 4.40. The van der Waals surface area contributed by atoms with E-state index in [-0.39, 0.29) is 0 Å². The highest BCUT2D eigenvalue weighted by atomic mass is 32.2. The molecule has 0 aliphatic rings. The SMILES string of the molecule is O=S(=O)(Oc1ccc2ccc(-c3c4ccccc4c(-c4ccc5oc6ccccc6c5c4)c4ccccc34)cc2c1)C(F)(F)F. The molecule has 7 aromatic carbocycles. The standard InChI is InChI=1S/C37H21F3O4S/c38-37(39,40)45(41,42)44-26-17-15-22-13-14-23(19-25(22)20-26)35-28-8-1-3-10-30(28)36(31-11-4-2-9-29(31)35)24-16-18-34-32(21-24)27-7-5-6-12-33(27)43-34/h1-21H. The molecule has 4 nitrogen and oxygen atoms in total. The minimum absolute atomic E-state index is 0.413. The summed E-state index contributed by atoms with van der Waals surface area (Å²) in [6.45, 7) is 0. The number of benzene rings is 7. The summed E-state index contributed by atoms with van der Waals surface area (Å²) in [7, 11) is -5.80. The predicted octanol–water partition coefficient (Wildman–Crippen LogP) is 10.6. The molecule has 8 rings (SSSR count). The highest BCUT2D eigenvalue weighted by Gasteiger charge is 2.48. The van der Waals surface area contributed by atoms with E-state index in [1.807, 2.05) is 66.7 Å². The smallest absolute Gasteiger partial charge is 0.456 e. The number of hydrogen-bond donors (Lipinski definition) is 0. The molecule has 0 aliphatic heterocycles. The first kappa shape index (κ1) is 27.2. The predicted molar refractivity (Wildman–Crippen MR) is 173 cm³/mol. The van der Waals surface area contributed by atoms with Crippen LogP contribution < -0.4 is 4.18 Å². The van der Waals surface area contributed by atoms with Crippen LogP contribution in [0.1, 0.15) is 0 Å². The van der Waals surface area contributed by atoms with E-state index >= 15 is 0 Å². The molecule has 220 valence electrons. The van der Waals surface area contributed by atoms with E-state index in [0.29, 0.717) is 5.39 Å². The molecule has 0 radical (unpaired) electrons. The number of hydrogen-bond acceptors (Lipinski definition) is 4. The van der Waals surface area contributed by atoms with Crippen LogP contribution in [0.2, 0.25) is 0 Å². The van der Waals surface area contributed by atoms with Gasteiger partial charge in [0.1, 0.15) is 16.9 Å². The van der Waals surface area contributed by atoms with Crippen molar-refractivity contribution in [3.05, 3.63) is 127 Å². The second-order valence-corrected chi connectivity index (χ2v) is 12.4. The Morgan fingerprint density at radius 2 is 1.02 bits per heavy atom. The Morgan fingerprint density at radius 1 is 0.511 bits per heavy atom. The third-order valence-electron chi connectivity index (χ3n) is 8.19. The average molecular weight is 619 g/mol. The van der Waals surface area contributed by atoms with Gasteiger partial charge in [-0.05, 0) is 91.0 Å². The van der Waals surface area contributed by atoms with Gasteiger partial charge in [0.25, 0.3) is 0 Å². The molecule has 0 saturated heterocycles. The Balaban J connectivity index is 1.36. The molecular formula is C37H21F3O4S. The van der Waals surface area contributed by atoms with Crippen molar-refractivity contribution in [2.75, 3.05) is 0 Å². The fourth-order valence-corrected chi connectivity index (χ4v) is 6.69. The number of alkyl halides is 3. The van der Waals surface area contributed by atoms with Crippen molar-refractivity contribution in [3.8, 4) is 28.0 Å². The largest absolute Gasteiger partial charge is 0.534 e. The lowest BCUT2D eigenvalue weighted by Crippen LogP contribution is -2.28. The lowest BCUT2D eigenvalue weighted by molar-refractivity contribution is -0.0500. The molecule has 1 heterocycles. The van der Waals surface area contributed by atoms with Gasteiger partial charge in [-0.25, -0.2) is 0 Å². The van der Waals surface area contributed by atoms with E-state index in [1.54, 1.807) is 0 Å². The van der Waals surface area contributed by atoms with Gasteiger partial charge in [-0.3, -0.25) is 0 Å². The van der Waals surface area contributed by atoms with Crippen molar-refractivity contribution in [2.24, 2.45) is 0 Å². The van der Waals surface area contributed by atoms with Crippen LogP contribution in [0.15, 0.2) is 132 Å². The molecule has 0 aliphatic carbocycles. The first-order valence-corrected chi connectivity index (χ1v) is 15.5. The first-order chi connectivity index (χ1) is 21.7. The molecule has 0 unspecified atom stereocenters. The molecule has 0 amide bonds. The summed E-state index contributed by atoms with van der Waals surface area (Å²) in [6, 6.07) is 40.2. The molecular weight excluding hydrogens is 597 g/mol. The molecule has 45 heavy (non-hydrogen) atoms. The maximum Gasteiger partial charge on any atom is 0.534 e. The molecule has 0 fully saturated rings. The van der Waals surface area contributed by atoms with Crippen molar-refractivity contribution in [2.45, 2.75) is 5.51 Å². The van der Waals surface area contributed by atoms with Crippen LogP contribution in [0.3, 0.4) is 0 Å². The molecule has 0 bridgehead atoms. The summed E-state index contributed by atoms with van der Waals surface area (Å²) in [4.78, 5) is 0. The first-order valence-electron chi connectivity index (χ1n) is 14.1. The van der Waals surface area contributed by atoms with E-state index in [4.69, 9.17) is 4.42 Å². The van der Waals surface area contributed by atoms with Crippen LogP contribution >= 0.6 is 0 Å². The normalized spacial score (nSPS) is 12.5. The molecule has 0 N–H and O–H groups in total. The Hall–Kier alpha value is -5.34. The Morgan fingerprint density at radius 3 is 1.64 bits per heavy atom. The average Bonchev–Trinajstić information content (AvgIpc) is 3.40. The minimum Gasteiger partial charge on any atom is -0.456 e. The molecule has 0 spiro atoms. The summed E-state index contributed by atoms with van der Waals surface area (Å²) < 4.78 is 72.8. The fraction of sp³-hybridized carbons (Fsp3) is 0.0270. The number of rotatable bonds is 4. The van der Waals surface area contributed by atoms with Crippen LogP contribution in [-0.4, -0.2) is 13.9 Å². The second kappa shape index (κ2) is 9.84. The molecule has 8 heteroatoms. The molecule has 0 atom stereocenters. The van der Waals surface area contributed by atoms with Gasteiger partial charge in [-0.2, -0.15) is 21.6 Å². The summed E-state index contributed by atoms with van der Waals surface area (Å²) in [5, 5.41) is 7.39. The zero-order valence-electron chi connectivity index (χ0n) is 23.3. The van der Waals surface area contributed by atoms with E-state index in [2.05, 4.69) is 46.6 Å². The van der Waals surface area contributed by atoms with Gasteiger partial charge in [0, 0.05) is 10.8 Å². The van der Waals surface area contributed by atoms with Crippen molar-refractivity contribution >= 4 is 64.4 Å². The van der Waals surface area contributed by atoms with Gasteiger partial charge >= 0.3 is 15.6 Å². The minimum atomic E-state index is -5.80. The number of halogens is 3. The van der Waals surface area contributed by atoms with E-state index in [9.17, 15) is 21.6 Å². The molecule has 8 aromatic rings.